The molecule has 5 rings (SSSR count). The van der Waals surface area contributed by atoms with Crippen LogP contribution in [0.1, 0.15) is 39.2 Å². The highest BCUT2D eigenvalue weighted by atomic mass is 19.4. The molecule has 240 valence electrons. The minimum absolute atomic E-state index is 0.0182. The quantitative estimate of drug-likeness (QED) is 0.378. The van der Waals surface area contributed by atoms with Crippen molar-refractivity contribution in [1.29, 1.82) is 0 Å². The van der Waals surface area contributed by atoms with Crippen molar-refractivity contribution in [2.75, 3.05) is 31.3 Å². The highest BCUT2D eigenvalue weighted by Crippen LogP contribution is 2.38. The molecule has 1 fully saturated rings. The molecule has 0 bridgehead atoms. The van der Waals surface area contributed by atoms with E-state index in [4.69, 9.17) is 9.47 Å². The summed E-state index contributed by atoms with van der Waals surface area (Å²) in [5.41, 5.74) is 2.00. The SMILES string of the molecule is Cc1cc(-c2ccc(C[C@H](NC(=O)c3c(C)cc(N4CCOC[C@@H]4C(F)(F)F)cc3F)C(=O)O)c3c2OCCC3)c(=O)n(C)n1. The van der Waals surface area contributed by atoms with E-state index in [0.29, 0.717) is 53.1 Å². The molecular weight excluding hydrogens is 600 g/mol. The predicted octanol–water partition coefficient (Wildman–Crippen LogP) is 3.72. The molecule has 0 saturated carbocycles. The number of benzene rings is 2. The summed E-state index contributed by atoms with van der Waals surface area (Å²) in [5.74, 6) is -3.01. The lowest BCUT2D eigenvalue weighted by Gasteiger charge is -2.38. The Morgan fingerprint density at radius 3 is 2.60 bits per heavy atom. The normalized spacial score (nSPS) is 17.3. The summed E-state index contributed by atoms with van der Waals surface area (Å²) in [5, 5.41) is 16.5. The number of aliphatic carboxylic acids is 1. The number of ether oxygens (including phenoxy) is 2. The van der Waals surface area contributed by atoms with Crippen molar-refractivity contribution in [3.05, 3.63) is 74.5 Å². The van der Waals surface area contributed by atoms with E-state index in [1.165, 1.54) is 17.7 Å². The van der Waals surface area contributed by atoms with Crippen LogP contribution in [-0.2, 0) is 29.4 Å². The van der Waals surface area contributed by atoms with Gasteiger partial charge in [-0.3, -0.25) is 9.59 Å². The maximum absolute atomic E-state index is 15.3. The third-order valence-corrected chi connectivity index (χ3v) is 8.02. The van der Waals surface area contributed by atoms with Crippen molar-refractivity contribution < 1.29 is 41.7 Å². The number of morpholine rings is 1. The number of carbonyl (C=O) groups is 2. The van der Waals surface area contributed by atoms with Gasteiger partial charge in [0.15, 0.2) is 0 Å². The Morgan fingerprint density at radius 2 is 1.91 bits per heavy atom. The van der Waals surface area contributed by atoms with Gasteiger partial charge in [0, 0.05) is 31.3 Å². The van der Waals surface area contributed by atoms with Crippen molar-refractivity contribution in [1.82, 2.24) is 15.1 Å². The number of nitrogens with one attached hydrogen (secondary N) is 1. The van der Waals surface area contributed by atoms with Gasteiger partial charge in [-0.15, -0.1) is 0 Å². The second-order valence-electron chi connectivity index (χ2n) is 11.2. The summed E-state index contributed by atoms with van der Waals surface area (Å²) < 4.78 is 68.3. The van der Waals surface area contributed by atoms with Crippen molar-refractivity contribution in [2.24, 2.45) is 7.05 Å². The van der Waals surface area contributed by atoms with Crippen LogP contribution in [0.15, 0.2) is 35.1 Å². The number of rotatable bonds is 7. The molecule has 1 aromatic heterocycles. The Kier molecular flexibility index (Phi) is 8.88. The van der Waals surface area contributed by atoms with Gasteiger partial charge in [0.05, 0.1) is 36.6 Å². The van der Waals surface area contributed by atoms with Gasteiger partial charge in [-0.25, -0.2) is 13.9 Å². The highest BCUT2D eigenvalue weighted by Gasteiger charge is 2.45. The summed E-state index contributed by atoms with van der Waals surface area (Å²) in [6.07, 6.45) is -3.60. The monoisotopic (exact) mass is 632 g/mol. The number of aryl methyl sites for hydroxylation is 3. The Balaban J connectivity index is 1.42. The highest BCUT2D eigenvalue weighted by molar-refractivity contribution is 5.98. The van der Waals surface area contributed by atoms with Gasteiger partial charge in [0.1, 0.15) is 23.7 Å². The van der Waals surface area contributed by atoms with Crippen molar-refractivity contribution in [3.63, 3.8) is 0 Å². The number of hydrogen-bond donors (Lipinski definition) is 2. The number of hydrogen-bond acceptors (Lipinski definition) is 7. The lowest BCUT2D eigenvalue weighted by molar-refractivity contribution is -0.167. The standard InChI is InChI=1S/C31H32F4N4O6/c1-16-11-19(39-8-10-44-15-25(39)31(33,34)35)14-23(32)26(16)28(40)36-24(30(42)43)13-18-6-7-21(27-20(18)5-4-9-45-27)22-12-17(2)37-38(3)29(22)41/h6-7,11-12,14,24-25H,4-5,8-10,13,15H2,1-3H3,(H,36,40)(H,42,43)/t24-,25+/m0/s1. The number of nitrogens with zero attached hydrogens (tertiary/aromatic N) is 3. The first-order valence-electron chi connectivity index (χ1n) is 14.3. The van der Waals surface area contributed by atoms with Crippen LogP contribution in [0.2, 0.25) is 0 Å². The molecule has 0 aliphatic carbocycles. The molecule has 2 aliphatic rings. The third-order valence-electron chi connectivity index (χ3n) is 8.02. The lowest BCUT2D eigenvalue weighted by Crippen LogP contribution is -2.53. The van der Waals surface area contributed by atoms with Crippen LogP contribution < -0.4 is 20.5 Å². The van der Waals surface area contributed by atoms with E-state index < -0.39 is 48.1 Å². The molecule has 2 N–H and O–H groups in total. The summed E-state index contributed by atoms with van der Waals surface area (Å²) in [7, 11) is 1.54. The zero-order valence-electron chi connectivity index (χ0n) is 24.8. The van der Waals surface area contributed by atoms with Crippen molar-refractivity contribution in [2.45, 2.75) is 51.4 Å². The molecule has 10 nitrogen and oxygen atoms in total. The molecule has 0 spiro atoms. The van der Waals surface area contributed by atoms with Crippen LogP contribution in [0, 0.1) is 19.7 Å². The second-order valence-corrected chi connectivity index (χ2v) is 11.2. The van der Waals surface area contributed by atoms with E-state index in [2.05, 4.69) is 10.4 Å². The summed E-state index contributed by atoms with van der Waals surface area (Å²) in [6.45, 7) is 2.81. The molecule has 2 aliphatic heterocycles. The van der Waals surface area contributed by atoms with Gasteiger partial charge in [-0.1, -0.05) is 12.1 Å². The summed E-state index contributed by atoms with van der Waals surface area (Å²) in [4.78, 5) is 39.4. The maximum Gasteiger partial charge on any atom is 0.411 e. The number of anilines is 1. The first kappa shape index (κ1) is 31.9. The third kappa shape index (κ3) is 6.51. The number of carboxylic acids is 1. The van der Waals surface area contributed by atoms with Gasteiger partial charge in [0.25, 0.3) is 11.5 Å². The van der Waals surface area contributed by atoms with Gasteiger partial charge in [-0.2, -0.15) is 18.3 Å². The summed E-state index contributed by atoms with van der Waals surface area (Å²) >= 11 is 0. The number of carbonyl (C=O) groups excluding carboxylic acids is 1. The topological polar surface area (TPSA) is 123 Å². The van der Waals surface area contributed by atoms with Crippen LogP contribution in [-0.4, -0.2) is 71.4 Å². The average molecular weight is 633 g/mol. The molecule has 2 aromatic carbocycles. The fraction of sp³-hybridized carbons (Fsp3) is 0.419. The van der Waals surface area contributed by atoms with Crippen LogP contribution in [0.3, 0.4) is 0 Å². The zero-order chi connectivity index (χ0) is 32.6. The number of amides is 1. The molecule has 2 atom stereocenters. The smallest absolute Gasteiger partial charge is 0.411 e. The van der Waals surface area contributed by atoms with E-state index in [-0.39, 0.29) is 36.4 Å². The van der Waals surface area contributed by atoms with Gasteiger partial charge >= 0.3 is 12.1 Å². The van der Waals surface area contributed by atoms with E-state index in [0.717, 1.165) is 11.0 Å². The van der Waals surface area contributed by atoms with E-state index >= 15 is 4.39 Å². The van der Waals surface area contributed by atoms with E-state index in [1.54, 1.807) is 32.2 Å². The molecule has 3 heterocycles. The Morgan fingerprint density at radius 1 is 1.16 bits per heavy atom. The number of alkyl halides is 3. The van der Waals surface area contributed by atoms with Crippen LogP contribution >= 0.6 is 0 Å². The largest absolute Gasteiger partial charge is 0.493 e. The molecule has 45 heavy (non-hydrogen) atoms. The first-order chi connectivity index (χ1) is 21.3. The number of carboxylic acid groups (broad SMARTS) is 1. The second kappa shape index (κ2) is 12.5. The molecule has 1 amide bonds. The van der Waals surface area contributed by atoms with Gasteiger partial charge < -0.3 is 24.8 Å². The number of aromatic nitrogens is 2. The van der Waals surface area contributed by atoms with E-state index in [1.807, 2.05) is 0 Å². The lowest BCUT2D eigenvalue weighted by atomic mass is 9.90. The Labute approximate surface area is 255 Å². The fourth-order valence-corrected chi connectivity index (χ4v) is 5.90. The number of fused-ring (bicyclic) bond motifs is 1. The number of halogens is 4. The predicted molar refractivity (Wildman–Crippen MR) is 155 cm³/mol. The average Bonchev–Trinajstić information content (AvgIpc) is 2.98. The molecule has 0 unspecified atom stereocenters. The maximum atomic E-state index is 15.3. The Bertz CT molecular complexity index is 1680. The van der Waals surface area contributed by atoms with Gasteiger partial charge in [0.2, 0.25) is 0 Å². The molecule has 3 aromatic rings. The van der Waals surface area contributed by atoms with Crippen molar-refractivity contribution in [3.8, 4) is 16.9 Å². The van der Waals surface area contributed by atoms with Crippen LogP contribution in [0.5, 0.6) is 5.75 Å². The molecule has 0 radical (unpaired) electrons. The molecule has 14 heteroatoms. The molecule has 1 saturated heterocycles. The van der Waals surface area contributed by atoms with E-state index in [9.17, 15) is 32.7 Å². The van der Waals surface area contributed by atoms with Crippen LogP contribution in [0.25, 0.3) is 11.1 Å². The zero-order valence-corrected chi connectivity index (χ0v) is 24.8. The Hall–Kier alpha value is -4.46. The molecular formula is C31H32F4N4O6. The van der Waals surface area contributed by atoms with Gasteiger partial charge in [-0.05, 0) is 61.6 Å². The van der Waals surface area contributed by atoms with Crippen molar-refractivity contribution >= 4 is 17.6 Å². The first-order valence-corrected chi connectivity index (χ1v) is 14.3. The fourth-order valence-electron chi connectivity index (χ4n) is 5.90. The minimum atomic E-state index is -4.62. The minimum Gasteiger partial charge on any atom is -0.493 e. The summed E-state index contributed by atoms with van der Waals surface area (Å²) in [6, 6.07) is 3.67. The van der Waals surface area contributed by atoms with Crippen LogP contribution in [0.4, 0.5) is 23.2 Å².